The van der Waals surface area contributed by atoms with Crippen molar-refractivity contribution in [2.45, 2.75) is 19.4 Å². The summed E-state index contributed by atoms with van der Waals surface area (Å²) in [6.07, 6.45) is 6.00. The maximum Gasteiger partial charge on any atom is 0.276 e. The second-order valence-electron chi connectivity index (χ2n) is 8.79. The molecule has 4 aromatic rings. The maximum atomic E-state index is 13.1. The van der Waals surface area contributed by atoms with E-state index >= 15 is 0 Å². The molecule has 2 aromatic heterocycles. The van der Waals surface area contributed by atoms with Crippen LogP contribution in [0.2, 0.25) is 0 Å². The third-order valence-electron chi connectivity index (χ3n) is 6.19. The molecule has 0 radical (unpaired) electrons. The number of rotatable bonds is 0. The number of benzene rings is 2. The lowest BCUT2D eigenvalue weighted by Crippen LogP contribution is -2.22. The average Bonchev–Trinajstić information content (AvgIpc) is 3.25. The zero-order valence-electron chi connectivity index (χ0n) is 19.0. The summed E-state index contributed by atoms with van der Waals surface area (Å²) in [5, 5.41) is 11.1. The molecule has 2 aromatic carbocycles. The van der Waals surface area contributed by atoms with Gasteiger partial charge in [0.15, 0.2) is 5.69 Å². The first-order valence-electron chi connectivity index (χ1n) is 11.3. The summed E-state index contributed by atoms with van der Waals surface area (Å²) in [4.78, 5) is 22.2. The predicted octanol–water partition coefficient (Wildman–Crippen LogP) is 4.54. The fraction of sp³-hybridized carbons (Fsp3) is 0.269. The first-order valence-corrected chi connectivity index (χ1v) is 11.3. The van der Waals surface area contributed by atoms with Gasteiger partial charge in [-0.2, -0.15) is 5.10 Å². The zero-order chi connectivity index (χ0) is 22.8. The molecule has 3 heterocycles. The van der Waals surface area contributed by atoms with Crippen molar-refractivity contribution >= 4 is 28.2 Å². The standard InChI is InChI=1S/C26H28N6O/c1-31-10-3-4-11-32(2)22-7-5-6-21(14-22)28-26(33)25-23-13-19(8-9-24(23)29-30-25)20-12-18(17-31)15-27-16-20/h5-9,12-16H,3-4,10-11,17H2,1-2H3,(H,28,33)(H,29,30). The first kappa shape index (κ1) is 21.2. The van der Waals surface area contributed by atoms with Crippen LogP contribution in [-0.4, -0.2) is 53.2 Å². The summed E-state index contributed by atoms with van der Waals surface area (Å²) >= 11 is 0. The van der Waals surface area contributed by atoms with Crippen LogP contribution in [0.3, 0.4) is 0 Å². The largest absolute Gasteiger partial charge is 0.375 e. The van der Waals surface area contributed by atoms with Gasteiger partial charge < -0.3 is 15.1 Å². The number of pyridine rings is 1. The molecule has 7 heteroatoms. The second kappa shape index (κ2) is 9.03. The van der Waals surface area contributed by atoms with Crippen molar-refractivity contribution in [3.63, 3.8) is 0 Å². The Morgan fingerprint density at radius 3 is 2.73 bits per heavy atom. The summed E-state index contributed by atoms with van der Waals surface area (Å²) in [6, 6.07) is 16.1. The van der Waals surface area contributed by atoms with Crippen molar-refractivity contribution in [2.75, 3.05) is 37.4 Å². The van der Waals surface area contributed by atoms with Crippen LogP contribution in [-0.2, 0) is 6.54 Å². The molecule has 5 rings (SSSR count). The van der Waals surface area contributed by atoms with Crippen molar-refractivity contribution in [3.05, 3.63) is 72.2 Å². The van der Waals surface area contributed by atoms with Gasteiger partial charge in [0.1, 0.15) is 0 Å². The highest BCUT2D eigenvalue weighted by molar-refractivity contribution is 6.11. The molecule has 0 spiro atoms. The number of carbonyl (C=O) groups excluding carboxylic acids is 1. The minimum Gasteiger partial charge on any atom is -0.375 e. The fourth-order valence-corrected chi connectivity index (χ4v) is 4.36. The lowest BCUT2D eigenvalue weighted by molar-refractivity contribution is 0.102. The number of hydrogen-bond acceptors (Lipinski definition) is 5. The minimum atomic E-state index is -0.232. The van der Waals surface area contributed by atoms with E-state index in [1.54, 1.807) is 0 Å². The number of fused-ring (bicyclic) bond motifs is 6. The summed E-state index contributed by atoms with van der Waals surface area (Å²) in [5.41, 5.74) is 6.26. The molecule has 0 aliphatic carbocycles. The minimum absolute atomic E-state index is 0.232. The van der Waals surface area contributed by atoms with Gasteiger partial charge in [-0.1, -0.05) is 12.1 Å². The maximum absolute atomic E-state index is 13.1. The van der Waals surface area contributed by atoms with Crippen LogP contribution in [0.1, 0.15) is 28.9 Å². The smallest absolute Gasteiger partial charge is 0.276 e. The Balaban J connectivity index is 1.55. The lowest BCUT2D eigenvalue weighted by Gasteiger charge is -2.21. The molecule has 0 unspecified atom stereocenters. The number of anilines is 2. The number of nitrogens with one attached hydrogen (secondary N) is 2. The van der Waals surface area contributed by atoms with Crippen LogP contribution >= 0.6 is 0 Å². The molecule has 1 amide bonds. The van der Waals surface area contributed by atoms with Gasteiger partial charge in [0, 0.05) is 54.9 Å². The Morgan fingerprint density at radius 1 is 0.939 bits per heavy atom. The lowest BCUT2D eigenvalue weighted by atomic mass is 10.0. The number of amides is 1. The van der Waals surface area contributed by atoms with Crippen LogP contribution in [0.25, 0.3) is 22.0 Å². The quantitative estimate of drug-likeness (QED) is 0.420. The third kappa shape index (κ3) is 4.59. The highest BCUT2D eigenvalue weighted by atomic mass is 16.1. The van der Waals surface area contributed by atoms with Gasteiger partial charge in [0.05, 0.1) is 5.52 Å². The summed E-state index contributed by atoms with van der Waals surface area (Å²) in [7, 11) is 4.25. The van der Waals surface area contributed by atoms with E-state index in [0.29, 0.717) is 5.69 Å². The molecule has 168 valence electrons. The average molecular weight is 441 g/mol. The third-order valence-corrected chi connectivity index (χ3v) is 6.19. The van der Waals surface area contributed by atoms with Crippen LogP contribution < -0.4 is 10.2 Å². The van der Waals surface area contributed by atoms with Crippen molar-refractivity contribution in [1.29, 1.82) is 0 Å². The van der Waals surface area contributed by atoms with E-state index < -0.39 is 0 Å². The van der Waals surface area contributed by atoms with Gasteiger partial charge in [-0.25, -0.2) is 0 Å². The van der Waals surface area contributed by atoms with E-state index in [-0.39, 0.29) is 5.91 Å². The van der Waals surface area contributed by atoms with Crippen LogP contribution in [0, 0.1) is 0 Å². The van der Waals surface area contributed by atoms with Gasteiger partial charge in [0.2, 0.25) is 0 Å². The monoisotopic (exact) mass is 440 g/mol. The SMILES string of the molecule is CN1CCCCN(C)c2cccc(c2)NC(=O)c2n[nH]c3ccc(cc23)-c2cncc(c2)C1. The number of H-pyrrole nitrogens is 1. The Kier molecular flexibility index (Phi) is 5.79. The molecular weight excluding hydrogens is 412 g/mol. The Bertz CT molecular complexity index is 1300. The van der Waals surface area contributed by atoms with E-state index in [2.05, 4.69) is 56.5 Å². The van der Waals surface area contributed by atoms with Crippen molar-refractivity contribution in [1.82, 2.24) is 20.1 Å². The first-order chi connectivity index (χ1) is 16.1. The second-order valence-corrected chi connectivity index (χ2v) is 8.79. The molecule has 1 aliphatic rings. The molecular formula is C26H28N6O. The van der Waals surface area contributed by atoms with Crippen LogP contribution in [0.5, 0.6) is 0 Å². The molecule has 0 atom stereocenters. The van der Waals surface area contributed by atoms with Gasteiger partial charge >= 0.3 is 0 Å². The molecule has 2 N–H and O–H groups in total. The van der Waals surface area contributed by atoms with Crippen LogP contribution in [0.15, 0.2) is 60.9 Å². The molecule has 1 aliphatic heterocycles. The Hall–Kier alpha value is -3.71. The van der Waals surface area contributed by atoms with Crippen molar-refractivity contribution in [3.8, 4) is 11.1 Å². The zero-order valence-corrected chi connectivity index (χ0v) is 19.0. The molecule has 0 saturated carbocycles. The molecule has 0 fully saturated rings. The van der Waals surface area contributed by atoms with Crippen molar-refractivity contribution < 1.29 is 4.79 Å². The van der Waals surface area contributed by atoms with E-state index in [4.69, 9.17) is 0 Å². The van der Waals surface area contributed by atoms with E-state index in [1.807, 2.05) is 48.8 Å². The summed E-state index contributed by atoms with van der Waals surface area (Å²) < 4.78 is 0. The van der Waals surface area contributed by atoms with Crippen molar-refractivity contribution in [2.24, 2.45) is 0 Å². The highest BCUT2D eigenvalue weighted by Gasteiger charge is 2.16. The molecule has 6 bridgehead atoms. The molecule has 7 nitrogen and oxygen atoms in total. The number of aromatic nitrogens is 3. The summed E-state index contributed by atoms with van der Waals surface area (Å²) in [5.74, 6) is -0.232. The van der Waals surface area contributed by atoms with E-state index in [9.17, 15) is 4.79 Å². The predicted molar refractivity (Wildman–Crippen MR) is 133 cm³/mol. The number of nitrogens with zero attached hydrogens (tertiary/aromatic N) is 4. The Morgan fingerprint density at radius 2 is 1.82 bits per heavy atom. The molecule has 0 saturated heterocycles. The number of hydrogen-bond donors (Lipinski definition) is 2. The number of aromatic amines is 1. The normalized spacial score (nSPS) is 15.7. The van der Waals surface area contributed by atoms with E-state index in [1.165, 1.54) is 5.56 Å². The van der Waals surface area contributed by atoms with Gasteiger partial charge in [-0.3, -0.25) is 14.9 Å². The van der Waals surface area contributed by atoms with Gasteiger partial charge in [-0.05, 0) is 74.0 Å². The molecule has 33 heavy (non-hydrogen) atoms. The van der Waals surface area contributed by atoms with E-state index in [0.717, 1.165) is 65.9 Å². The fourth-order valence-electron chi connectivity index (χ4n) is 4.36. The highest BCUT2D eigenvalue weighted by Crippen LogP contribution is 2.27. The topological polar surface area (TPSA) is 77.1 Å². The summed E-state index contributed by atoms with van der Waals surface area (Å²) in [6.45, 7) is 2.83. The Labute approximate surface area is 193 Å². The van der Waals surface area contributed by atoms with Gasteiger partial charge in [-0.15, -0.1) is 0 Å². The van der Waals surface area contributed by atoms with Gasteiger partial charge in [0.25, 0.3) is 5.91 Å². The number of carbonyl (C=O) groups is 1. The van der Waals surface area contributed by atoms with Crippen LogP contribution in [0.4, 0.5) is 11.4 Å².